The molecule has 0 aromatic carbocycles. The zero-order chi connectivity index (χ0) is 23.2. The largest absolute Gasteiger partial charge is 0.434 e. The lowest BCUT2D eigenvalue weighted by Gasteiger charge is -2.35. The van der Waals surface area contributed by atoms with E-state index in [1.165, 1.54) is 0 Å². The van der Waals surface area contributed by atoms with E-state index in [-0.39, 0.29) is 29.9 Å². The quantitative estimate of drug-likeness (QED) is 0.735. The Morgan fingerprint density at radius 3 is 2.70 bits per heavy atom. The number of hydrogen-bond acceptors (Lipinski definition) is 6. The Hall–Kier alpha value is -3.43. The van der Waals surface area contributed by atoms with Crippen molar-refractivity contribution in [3.05, 3.63) is 65.9 Å². The van der Waals surface area contributed by atoms with Crippen molar-refractivity contribution in [2.24, 2.45) is 5.92 Å². The molecule has 33 heavy (non-hydrogen) atoms. The first-order chi connectivity index (χ1) is 15.8. The Labute approximate surface area is 188 Å². The van der Waals surface area contributed by atoms with Crippen LogP contribution in [0.15, 0.2) is 54.5 Å². The average molecular weight is 456 g/mol. The average Bonchev–Trinajstić information content (AvgIpc) is 3.40. The second-order valence-corrected chi connectivity index (χ2v) is 8.69. The van der Waals surface area contributed by atoms with Crippen LogP contribution in [0.4, 0.5) is 19.0 Å². The zero-order valence-electron chi connectivity index (χ0n) is 17.9. The number of likely N-dealkylation sites (tertiary alicyclic amines) is 1. The maximum atomic E-state index is 13.6. The predicted octanol–water partition coefficient (Wildman–Crippen LogP) is 3.25. The highest BCUT2D eigenvalue weighted by Gasteiger charge is 2.47. The Balaban J connectivity index is 1.36. The number of alkyl halides is 3. The summed E-state index contributed by atoms with van der Waals surface area (Å²) in [4.78, 5) is 27.2. The first-order valence-electron chi connectivity index (χ1n) is 10.9. The molecule has 2 N–H and O–H groups in total. The first-order valence-corrected chi connectivity index (χ1v) is 10.9. The lowest BCUT2D eigenvalue weighted by atomic mass is 10.00. The smallest absolute Gasteiger partial charge is 0.377 e. The van der Waals surface area contributed by atoms with Crippen molar-refractivity contribution in [3.8, 4) is 0 Å². The van der Waals surface area contributed by atoms with Crippen LogP contribution >= 0.6 is 0 Å². The molecule has 2 aliphatic heterocycles. The van der Waals surface area contributed by atoms with Crippen LogP contribution in [-0.2, 0) is 11.0 Å². The van der Waals surface area contributed by atoms with E-state index in [1.54, 1.807) is 6.20 Å². The van der Waals surface area contributed by atoms with E-state index in [0.717, 1.165) is 25.2 Å². The van der Waals surface area contributed by atoms with Gasteiger partial charge in [-0.05, 0) is 43.9 Å². The molecule has 172 valence electrons. The number of nitrogens with zero attached hydrogens (tertiary/aromatic N) is 4. The van der Waals surface area contributed by atoms with Gasteiger partial charge in [-0.1, -0.05) is 12.1 Å². The summed E-state index contributed by atoms with van der Waals surface area (Å²) in [5.41, 5.74) is 0.942. The number of nitrogens with one attached hydrogen (secondary N) is 2. The summed E-state index contributed by atoms with van der Waals surface area (Å²) in [6, 6.07) is 5.47. The van der Waals surface area contributed by atoms with Crippen molar-refractivity contribution < 1.29 is 18.0 Å². The molecule has 10 heteroatoms. The molecule has 1 aliphatic carbocycles. The highest BCUT2D eigenvalue weighted by atomic mass is 19.4. The van der Waals surface area contributed by atoms with Gasteiger partial charge in [0.1, 0.15) is 5.82 Å². The van der Waals surface area contributed by atoms with Gasteiger partial charge in [-0.3, -0.25) is 9.78 Å². The van der Waals surface area contributed by atoms with E-state index < -0.39 is 11.9 Å². The van der Waals surface area contributed by atoms with Crippen molar-refractivity contribution >= 4 is 17.4 Å². The van der Waals surface area contributed by atoms with Crippen LogP contribution in [-0.4, -0.2) is 50.4 Å². The lowest BCUT2D eigenvalue weighted by Crippen LogP contribution is -2.48. The summed E-state index contributed by atoms with van der Waals surface area (Å²) in [5.74, 6) is 0.524. The molecule has 0 spiro atoms. The number of piperidine rings is 1. The fraction of sp³-hybridized carbons (Fsp3) is 0.391. The number of anilines is 1. The summed E-state index contributed by atoms with van der Waals surface area (Å²) in [5, 5.41) is 6.55. The van der Waals surface area contributed by atoms with Gasteiger partial charge in [-0.15, -0.1) is 0 Å². The SMILES string of the molecule is CC1C=CC(C(=O)N2CC3CC(Nc4cnc(C(F)(F)F)cn4)C2C3)=C(c2ccccn2)N1. The topological polar surface area (TPSA) is 83.0 Å². The summed E-state index contributed by atoms with van der Waals surface area (Å²) >= 11 is 0. The number of halogens is 3. The molecule has 1 saturated carbocycles. The minimum absolute atomic E-state index is 0.0706. The Morgan fingerprint density at radius 1 is 1.18 bits per heavy atom. The number of aromatic nitrogens is 3. The van der Waals surface area contributed by atoms with Crippen molar-refractivity contribution in [2.45, 2.75) is 44.1 Å². The van der Waals surface area contributed by atoms with Crippen LogP contribution in [0.2, 0.25) is 0 Å². The molecule has 5 rings (SSSR count). The highest BCUT2D eigenvalue weighted by molar-refractivity contribution is 6.04. The number of carbonyl (C=O) groups excluding carboxylic acids is 1. The number of fused-ring (bicyclic) bond motifs is 2. The molecule has 1 amide bonds. The third-order valence-electron chi connectivity index (χ3n) is 6.36. The van der Waals surface area contributed by atoms with E-state index in [4.69, 9.17) is 0 Å². The van der Waals surface area contributed by atoms with Gasteiger partial charge in [-0.25, -0.2) is 9.97 Å². The van der Waals surface area contributed by atoms with Crippen molar-refractivity contribution in [3.63, 3.8) is 0 Å². The molecule has 4 atom stereocenters. The van der Waals surface area contributed by atoms with E-state index in [2.05, 4.69) is 25.6 Å². The molecule has 2 fully saturated rings. The van der Waals surface area contributed by atoms with Gasteiger partial charge in [0.25, 0.3) is 5.91 Å². The minimum Gasteiger partial charge on any atom is -0.377 e. The maximum absolute atomic E-state index is 13.6. The molecule has 4 heterocycles. The molecule has 1 saturated heterocycles. The predicted molar refractivity (Wildman–Crippen MR) is 116 cm³/mol. The van der Waals surface area contributed by atoms with E-state index >= 15 is 0 Å². The molecule has 2 aromatic rings. The van der Waals surface area contributed by atoms with Crippen molar-refractivity contribution in [1.29, 1.82) is 0 Å². The normalized spacial score (nSPS) is 26.5. The number of pyridine rings is 1. The minimum atomic E-state index is -4.53. The summed E-state index contributed by atoms with van der Waals surface area (Å²) in [6.45, 7) is 2.66. The van der Waals surface area contributed by atoms with E-state index in [0.29, 0.717) is 29.4 Å². The molecule has 7 nitrogen and oxygen atoms in total. The maximum Gasteiger partial charge on any atom is 0.434 e. The third kappa shape index (κ3) is 4.17. The summed E-state index contributed by atoms with van der Waals surface area (Å²) in [7, 11) is 0. The molecular weight excluding hydrogens is 433 g/mol. The highest BCUT2D eigenvalue weighted by Crippen LogP contribution is 2.40. The van der Waals surface area contributed by atoms with Crippen LogP contribution in [0.25, 0.3) is 5.70 Å². The van der Waals surface area contributed by atoms with E-state index in [9.17, 15) is 18.0 Å². The molecule has 2 bridgehead atoms. The van der Waals surface area contributed by atoms with Crippen LogP contribution in [0.3, 0.4) is 0 Å². The van der Waals surface area contributed by atoms with Gasteiger partial charge in [0, 0.05) is 24.8 Å². The molecule has 4 unspecified atom stereocenters. The van der Waals surface area contributed by atoms with Crippen LogP contribution in [0, 0.1) is 5.92 Å². The van der Waals surface area contributed by atoms with E-state index in [1.807, 2.05) is 42.2 Å². The first kappa shape index (κ1) is 21.4. The van der Waals surface area contributed by atoms with Gasteiger partial charge >= 0.3 is 6.18 Å². The van der Waals surface area contributed by atoms with Crippen molar-refractivity contribution in [1.82, 2.24) is 25.2 Å². The fourth-order valence-electron chi connectivity index (χ4n) is 4.89. The zero-order valence-corrected chi connectivity index (χ0v) is 17.9. The molecule has 3 aliphatic rings. The molecule has 2 aromatic heterocycles. The Morgan fingerprint density at radius 2 is 2.03 bits per heavy atom. The number of amides is 1. The fourth-order valence-corrected chi connectivity index (χ4v) is 4.89. The summed E-state index contributed by atoms with van der Waals surface area (Å²) in [6.07, 6.45) is 4.45. The monoisotopic (exact) mass is 456 g/mol. The van der Waals surface area contributed by atoms with Gasteiger partial charge in [0.05, 0.1) is 35.4 Å². The number of hydrogen-bond donors (Lipinski definition) is 2. The Kier molecular flexibility index (Phi) is 5.30. The lowest BCUT2D eigenvalue weighted by molar-refractivity contribution is -0.141. The number of rotatable bonds is 4. The van der Waals surface area contributed by atoms with Crippen LogP contribution in [0.5, 0.6) is 0 Å². The third-order valence-corrected chi connectivity index (χ3v) is 6.36. The van der Waals surface area contributed by atoms with Gasteiger partial charge in [0.2, 0.25) is 0 Å². The number of dihydropyridines is 1. The number of carbonyl (C=O) groups is 1. The van der Waals surface area contributed by atoms with Crippen LogP contribution < -0.4 is 10.6 Å². The molecule has 0 radical (unpaired) electrons. The molecular formula is C23H23F3N6O. The van der Waals surface area contributed by atoms with Gasteiger partial charge in [-0.2, -0.15) is 13.2 Å². The van der Waals surface area contributed by atoms with Gasteiger partial charge in [0.15, 0.2) is 5.69 Å². The Bertz CT molecular complexity index is 1100. The van der Waals surface area contributed by atoms with Crippen molar-refractivity contribution in [2.75, 3.05) is 11.9 Å². The second-order valence-electron chi connectivity index (χ2n) is 8.69. The summed E-state index contributed by atoms with van der Waals surface area (Å²) < 4.78 is 38.3. The van der Waals surface area contributed by atoms with Gasteiger partial charge < -0.3 is 15.5 Å². The van der Waals surface area contributed by atoms with Crippen LogP contribution in [0.1, 0.15) is 31.2 Å². The standard InChI is InChI=1S/C23H23F3N6O/c1-13-5-6-15(21(30-13)16-4-2-3-7-27-16)22(33)32-12-14-8-17(18(32)9-14)31-20-11-28-19(10-29-20)23(24,25)26/h2-7,10-11,13-14,17-18,30H,8-9,12H2,1H3,(H,29,31). The second kappa shape index (κ2) is 8.17.